The molecule has 4 aromatic heterocycles. The Kier molecular flexibility index (Phi) is 5.81. The molecular weight excluding hydrogens is 512 g/mol. The summed E-state index contributed by atoms with van der Waals surface area (Å²) in [5.74, 6) is 2.73. The Labute approximate surface area is 228 Å². The van der Waals surface area contributed by atoms with Crippen LogP contribution in [0.25, 0.3) is 33.5 Å². The van der Waals surface area contributed by atoms with Crippen LogP contribution in [0.3, 0.4) is 0 Å². The molecule has 1 aliphatic heterocycles. The topological polar surface area (TPSA) is 127 Å². The molecule has 5 heterocycles. The van der Waals surface area contributed by atoms with E-state index in [0.29, 0.717) is 16.8 Å². The zero-order valence-electron chi connectivity index (χ0n) is 21.0. The highest BCUT2D eigenvalue weighted by Crippen LogP contribution is 2.31. The summed E-state index contributed by atoms with van der Waals surface area (Å²) in [6, 6.07) is 20.2. The Hall–Kier alpha value is -4.57. The van der Waals surface area contributed by atoms with Crippen LogP contribution >= 0.6 is 11.6 Å². The molecule has 1 saturated heterocycles. The summed E-state index contributed by atoms with van der Waals surface area (Å²) in [6.07, 6.45) is 4.29. The Bertz CT molecular complexity index is 1770. The van der Waals surface area contributed by atoms with Crippen LogP contribution in [0.5, 0.6) is 0 Å². The maximum absolute atomic E-state index is 6.39. The normalized spacial score (nSPS) is 14.4. The van der Waals surface area contributed by atoms with Crippen molar-refractivity contribution in [2.45, 2.75) is 25.3 Å². The number of nitrogen functional groups attached to an aromatic ring is 1. The smallest absolute Gasteiger partial charge is 0.164 e. The van der Waals surface area contributed by atoms with E-state index in [4.69, 9.17) is 27.3 Å². The van der Waals surface area contributed by atoms with Gasteiger partial charge in [0.05, 0.1) is 28.7 Å². The number of benzene rings is 2. The second-order valence-electron chi connectivity index (χ2n) is 9.77. The van der Waals surface area contributed by atoms with E-state index in [1.165, 1.54) is 5.56 Å². The van der Waals surface area contributed by atoms with E-state index in [-0.39, 0.29) is 6.04 Å². The monoisotopic (exact) mass is 536 g/mol. The van der Waals surface area contributed by atoms with Crippen molar-refractivity contribution in [2.75, 3.05) is 23.7 Å². The van der Waals surface area contributed by atoms with Gasteiger partial charge < -0.3 is 15.6 Å². The van der Waals surface area contributed by atoms with Crippen molar-refractivity contribution in [2.24, 2.45) is 0 Å². The molecule has 0 amide bonds. The summed E-state index contributed by atoms with van der Waals surface area (Å²) in [5.41, 5.74) is 11.1. The molecule has 3 N–H and O–H groups in total. The van der Waals surface area contributed by atoms with Gasteiger partial charge in [-0.2, -0.15) is 5.10 Å². The van der Waals surface area contributed by atoms with Crippen molar-refractivity contribution in [3.05, 3.63) is 83.4 Å². The minimum absolute atomic E-state index is 0.191. The molecule has 194 valence electrons. The summed E-state index contributed by atoms with van der Waals surface area (Å²) in [7, 11) is 0. The summed E-state index contributed by atoms with van der Waals surface area (Å²) in [6.45, 7) is 1.66. The van der Waals surface area contributed by atoms with Crippen molar-refractivity contribution in [3.63, 3.8) is 0 Å². The standard InChI is InChI=1S/C28H25ClN10/c29-23-8-9-25(37-36-23)38-12-10-19(11-13-38)39-28-20(16-31-39)26(30)34-27(35-28)18-6-7-21-22(15-18)33-24(32-21)14-17-4-2-1-3-5-17/h1-9,15-16,19H,10-14H2,(H,32,33)(H2,30,34,35). The van der Waals surface area contributed by atoms with Gasteiger partial charge in [-0.25, -0.2) is 19.6 Å². The fourth-order valence-electron chi connectivity index (χ4n) is 5.24. The second-order valence-corrected chi connectivity index (χ2v) is 10.2. The van der Waals surface area contributed by atoms with Crippen LogP contribution in [-0.4, -0.2) is 53.0 Å². The van der Waals surface area contributed by atoms with E-state index in [9.17, 15) is 0 Å². The zero-order valence-corrected chi connectivity index (χ0v) is 21.8. The molecule has 0 radical (unpaired) electrons. The molecule has 0 bridgehead atoms. The highest BCUT2D eigenvalue weighted by atomic mass is 35.5. The van der Waals surface area contributed by atoms with E-state index in [2.05, 4.69) is 42.3 Å². The lowest BCUT2D eigenvalue weighted by atomic mass is 10.1. The SMILES string of the molecule is Nc1nc(-c2ccc3nc(Cc4ccccc4)[nH]c3c2)nc2c1cnn2C1CCN(c2ccc(Cl)nn2)CC1. The number of nitrogens with one attached hydrogen (secondary N) is 1. The Morgan fingerprint density at radius 3 is 2.59 bits per heavy atom. The number of aromatic nitrogens is 8. The van der Waals surface area contributed by atoms with Crippen LogP contribution < -0.4 is 10.6 Å². The largest absolute Gasteiger partial charge is 0.383 e. The van der Waals surface area contributed by atoms with Crippen LogP contribution in [0.4, 0.5) is 11.6 Å². The van der Waals surface area contributed by atoms with Crippen LogP contribution in [0.1, 0.15) is 30.3 Å². The molecule has 2 aromatic carbocycles. The molecular formula is C28H25ClN10. The number of fused-ring (bicyclic) bond motifs is 2. The number of imidazole rings is 1. The molecule has 0 spiro atoms. The summed E-state index contributed by atoms with van der Waals surface area (Å²) >= 11 is 5.90. The van der Waals surface area contributed by atoms with Gasteiger partial charge in [-0.3, -0.25) is 0 Å². The fraction of sp³-hybridized carbons (Fsp3) is 0.214. The molecule has 0 saturated carbocycles. The van der Waals surface area contributed by atoms with Crippen LogP contribution in [0, 0.1) is 0 Å². The minimum Gasteiger partial charge on any atom is -0.383 e. The first-order valence-electron chi connectivity index (χ1n) is 12.9. The third kappa shape index (κ3) is 4.52. The van der Waals surface area contributed by atoms with Crippen LogP contribution in [0.2, 0.25) is 5.15 Å². The molecule has 7 rings (SSSR count). The lowest BCUT2D eigenvalue weighted by molar-refractivity contribution is 0.373. The third-order valence-electron chi connectivity index (χ3n) is 7.24. The van der Waals surface area contributed by atoms with E-state index in [1.54, 1.807) is 12.3 Å². The maximum Gasteiger partial charge on any atom is 0.164 e. The number of anilines is 2. The minimum atomic E-state index is 0.191. The van der Waals surface area contributed by atoms with Gasteiger partial charge in [-0.1, -0.05) is 41.9 Å². The first-order chi connectivity index (χ1) is 19.1. The molecule has 1 aliphatic rings. The van der Waals surface area contributed by atoms with Gasteiger partial charge in [0.2, 0.25) is 0 Å². The quantitative estimate of drug-likeness (QED) is 0.321. The first-order valence-corrected chi connectivity index (χ1v) is 13.3. The molecule has 0 aliphatic carbocycles. The van der Waals surface area contributed by atoms with E-state index < -0.39 is 0 Å². The average molecular weight is 537 g/mol. The number of hydrogen-bond acceptors (Lipinski definition) is 8. The van der Waals surface area contributed by atoms with Crippen molar-refractivity contribution in [1.29, 1.82) is 0 Å². The molecule has 10 nitrogen and oxygen atoms in total. The Morgan fingerprint density at radius 1 is 0.949 bits per heavy atom. The third-order valence-corrected chi connectivity index (χ3v) is 7.44. The van der Waals surface area contributed by atoms with Gasteiger partial charge >= 0.3 is 0 Å². The predicted molar refractivity (Wildman–Crippen MR) is 152 cm³/mol. The van der Waals surface area contributed by atoms with Crippen molar-refractivity contribution in [3.8, 4) is 11.4 Å². The number of piperidine rings is 1. The van der Waals surface area contributed by atoms with Crippen LogP contribution in [0.15, 0.2) is 66.9 Å². The second kappa shape index (κ2) is 9.63. The van der Waals surface area contributed by atoms with Crippen molar-refractivity contribution < 1.29 is 0 Å². The fourth-order valence-corrected chi connectivity index (χ4v) is 5.34. The maximum atomic E-state index is 6.39. The highest BCUT2D eigenvalue weighted by Gasteiger charge is 2.25. The summed E-state index contributed by atoms with van der Waals surface area (Å²) in [5, 5.41) is 14.0. The number of halogens is 1. The lowest BCUT2D eigenvalue weighted by Crippen LogP contribution is -2.35. The number of H-pyrrole nitrogens is 1. The average Bonchev–Trinajstić information content (AvgIpc) is 3.58. The van der Waals surface area contributed by atoms with Gasteiger partial charge in [0.1, 0.15) is 11.6 Å². The molecule has 1 fully saturated rings. The zero-order chi connectivity index (χ0) is 26.3. The molecule has 0 atom stereocenters. The van der Waals surface area contributed by atoms with Gasteiger partial charge in [0.25, 0.3) is 0 Å². The van der Waals surface area contributed by atoms with Gasteiger partial charge in [-0.05, 0) is 48.7 Å². The summed E-state index contributed by atoms with van der Waals surface area (Å²) in [4.78, 5) is 20.0. The van der Waals surface area contributed by atoms with Crippen molar-refractivity contribution >= 4 is 45.3 Å². The van der Waals surface area contributed by atoms with Crippen LogP contribution in [-0.2, 0) is 6.42 Å². The Balaban J connectivity index is 1.16. The van der Waals surface area contributed by atoms with Gasteiger partial charge in [0, 0.05) is 25.1 Å². The number of nitrogens with two attached hydrogens (primary N) is 1. The van der Waals surface area contributed by atoms with E-state index in [1.807, 2.05) is 47.1 Å². The molecule has 11 heteroatoms. The van der Waals surface area contributed by atoms with Gasteiger partial charge in [-0.15, -0.1) is 10.2 Å². The van der Waals surface area contributed by atoms with E-state index >= 15 is 0 Å². The molecule has 39 heavy (non-hydrogen) atoms. The number of nitrogens with zero attached hydrogens (tertiary/aromatic N) is 8. The Morgan fingerprint density at radius 2 is 1.79 bits per heavy atom. The molecule has 6 aromatic rings. The number of hydrogen-bond donors (Lipinski definition) is 2. The van der Waals surface area contributed by atoms with E-state index in [0.717, 1.165) is 71.6 Å². The highest BCUT2D eigenvalue weighted by molar-refractivity contribution is 6.29. The number of aromatic amines is 1. The first kappa shape index (κ1) is 23.5. The lowest BCUT2D eigenvalue weighted by Gasteiger charge is -2.32. The molecule has 0 unspecified atom stereocenters. The summed E-state index contributed by atoms with van der Waals surface area (Å²) < 4.78 is 1.99. The van der Waals surface area contributed by atoms with Gasteiger partial charge in [0.15, 0.2) is 22.4 Å². The van der Waals surface area contributed by atoms with Crippen molar-refractivity contribution in [1.82, 2.24) is 39.9 Å². The predicted octanol–water partition coefficient (Wildman–Crippen LogP) is 4.83. The number of rotatable bonds is 5.